The molecular weight excluding hydrogens is 226 g/mol. The van der Waals surface area contributed by atoms with Gasteiger partial charge in [-0.05, 0) is 12.8 Å². The highest BCUT2D eigenvalue weighted by molar-refractivity contribution is 6.19. The molecule has 3 atom stereocenters. The minimum absolute atomic E-state index is 0.0673. The van der Waals surface area contributed by atoms with E-state index in [1.165, 1.54) is 12.8 Å². The van der Waals surface area contributed by atoms with Gasteiger partial charge in [0, 0.05) is 18.3 Å². The van der Waals surface area contributed by atoms with E-state index in [9.17, 15) is 4.79 Å². The number of carbonyl (C=O) groups excluding carboxylic acids is 1. The van der Waals surface area contributed by atoms with Crippen molar-refractivity contribution in [2.45, 2.75) is 44.8 Å². The normalized spacial score (nSPS) is 32.0. The van der Waals surface area contributed by atoms with Crippen LogP contribution in [0.3, 0.4) is 0 Å². The number of hydrogen-bond acceptors (Lipinski definition) is 2. The van der Waals surface area contributed by atoms with Crippen LogP contribution in [0.1, 0.15) is 32.6 Å². The van der Waals surface area contributed by atoms with Crippen molar-refractivity contribution >= 4 is 17.5 Å². The molecule has 1 saturated heterocycles. The first-order valence-corrected chi connectivity index (χ1v) is 6.75. The molecule has 1 amide bonds. The Hall–Kier alpha value is -0.280. The van der Waals surface area contributed by atoms with E-state index in [2.05, 4.69) is 0 Å². The molecule has 92 valence electrons. The van der Waals surface area contributed by atoms with E-state index in [0.717, 1.165) is 19.4 Å². The minimum Gasteiger partial charge on any atom is -0.374 e. The van der Waals surface area contributed by atoms with Crippen LogP contribution in [0.25, 0.3) is 0 Å². The van der Waals surface area contributed by atoms with Crippen LogP contribution in [-0.2, 0) is 9.53 Å². The number of fused-ring (bicyclic) bond motifs is 1. The molecule has 0 radical (unpaired) electrons. The third-order valence-electron chi connectivity index (χ3n) is 3.67. The van der Waals surface area contributed by atoms with Gasteiger partial charge in [-0.1, -0.05) is 19.8 Å². The molecule has 0 spiro atoms. The van der Waals surface area contributed by atoms with Crippen LogP contribution in [0.2, 0.25) is 0 Å². The molecule has 4 heteroatoms. The first-order valence-electron chi connectivity index (χ1n) is 6.22. The van der Waals surface area contributed by atoms with E-state index in [0.29, 0.717) is 18.5 Å². The lowest BCUT2D eigenvalue weighted by Gasteiger charge is -2.44. The number of nitrogens with zero attached hydrogens (tertiary/aromatic N) is 1. The summed E-state index contributed by atoms with van der Waals surface area (Å²) in [6.07, 6.45) is 4.90. The molecule has 0 N–H and O–H groups in total. The van der Waals surface area contributed by atoms with Crippen molar-refractivity contribution in [1.82, 2.24) is 4.90 Å². The number of ether oxygens (including phenoxy) is 1. The first kappa shape index (κ1) is 12.2. The molecule has 1 heterocycles. The zero-order valence-electron chi connectivity index (χ0n) is 9.82. The summed E-state index contributed by atoms with van der Waals surface area (Å²) in [6.45, 7) is 3.33. The smallest absolute Gasteiger partial charge is 0.227 e. The van der Waals surface area contributed by atoms with Gasteiger partial charge in [-0.25, -0.2) is 0 Å². The van der Waals surface area contributed by atoms with E-state index in [1.807, 2.05) is 11.8 Å². The van der Waals surface area contributed by atoms with Crippen LogP contribution in [0.5, 0.6) is 0 Å². The standard InChI is InChI=1S/C12H20ClNO2/c1-9(8-13)12(15)14-6-7-16-11-5-3-2-4-10(11)14/h9-11H,2-8H2,1H3. The summed E-state index contributed by atoms with van der Waals surface area (Å²) in [7, 11) is 0. The van der Waals surface area contributed by atoms with E-state index in [4.69, 9.17) is 16.3 Å². The fourth-order valence-electron chi connectivity index (χ4n) is 2.72. The van der Waals surface area contributed by atoms with Crippen molar-refractivity contribution in [2.24, 2.45) is 5.92 Å². The Morgan fingerprint density at radius 2 is 2.25 bits per heavy atom. The second kappa shape index (κ2) is 5.37. The average molecular weight is 246 g/mol. The summed E-state index contributed by atoms with van der Waals surface area (Å²) < 4.78 is 5.75. The van der Waals surface area contributed by atoms with E-state index in [-0.39, 0.29) is 17.9 Å². The van der Waals surface area contributed by atoms with Crippen molar-refractivity contribution < 1.29 is 9.53 Å². The fraction of sp³-hybridized carbons (Fsp3) is 0.917. The van der Waals surface area contributed by atoms with E-state index >= 15 is 0 Å². The number of rotatable bonds is 2. The molecule has 0 aromatic carbocycles. The maximum absolute atomic E-state index is 12.2. The van der Waals surface area contributed by atoms with Crippen LogP contribution < -0.4 is 0 Å². The Bertz CT molecular complexity index is 257. The van der Waals surface area contributed by atoms with Crippen molar-refractivity contribution in [3.05, 3.63) is 0 Å². The Morgan fingerprint density at radius 1 is 1.50 bits per heavy atom. The van der Waals surface area contributed by atoms with Crippen LogP contribution >= 0.6 is 11.6 Å². The van der Waals surface area contributed by atoms with Gasteiger partial charge in [0.25, 0.3) is 0 Å². The third kappa shape index (κ3) is 2.35. The Balaban J connectivity index is 2.04. The second-order valence-corrected chi connectivity index (χ2v) is 5.16. The Kier molecular flexibility index (Phi) is 4.09. The van der Waals surface area contributed by atoms with Crippen LogP contribution in [0.15, 0.2) is 0 Å². The van der Waals surface area contributed by atoms with Gasteiger partial charge in [-0.15, -0.1) is 11.6 Å². The number of halogens is 1. The van der Waals surface area contributed by atoms with Gasteiger partial charge in [0.05, 0.1) is 18.8 Å². The van der Waals surface area contributed by atoms with Crippen LogP contribution in [-0.4, -0.2) is 42.0 Å². The molecule has 0 bridgehead atoms. The lowest BCUT2D eigenvalue weighted by atomic mass is 9.89. The number of alkyl halides is 1. The molecule has 3 nitrogen and oxygen atoms in total. The van der Waals surface area contributed by atoms with E-state index in [1.54, 1.807) is 0 Å². The highest BCUT2D eigenvalue weighted by atomic mass is 35.5. The van der Waals surface area contributed by atoms with E-state index < -0.39 is 0 Å². The fourth-order valence-corrected chi connectivity index (χ4v) is 2.85. The van der Waals surface area contributed by atoms with Crippen molar-refractivity contribution in [2.75, 3.05) is 19.0 Å². The van der Waals surface area contributed by atoms with Gasteiger partial charge in [0.15, 0.2) is 0 Å². The number of hydrogen-bond donors (Lipinski definition) is 0. The van der Waals surface area contributed by atoms with Crippen molar-refractivity contribution in [3.63, 3.8) is 0 Å². The number of morpholine rings is 1. The predicted octanol–water partition coefficient (Wildman–Crippen LogP) is 2.03. The molecule has 1 aliphatic heterocycles. The van der Waals surface area contributed by atoms with Gasteiger partial charge in [-0.3, -0.25) is 4.79 Å². The molecule has 2 fully saturated rings. The summed E-state index contributed by atoms with van der Waals surface area (Å²) in [5.41, 5.74) is 0. The minimum atomic E-state index is -0.0673. The first-order chi connectivity index (χ1) is 7.74. The largest absolute Gasteiger partial charge is 0.374 e. The number of amides is 1. The SMILES string of the molecule is CC(CCl)C(=O)N1CCOC2CCCCC21. The van der Waals surface area contributed by atoms with Crippen LogP contribution in [0, 0.1) is 5.92 Å². The summed E-state index contributed by atoms with van der Waals surface area (Å²) in [4.78, 5) is 14.2. The summed E-state index contributed by atoms with van der Waals surface area (Å²) in [5, 5.41) is 0. The molecule has 1 saturated carbocycles. The Labute approximate surface area is 102 Å². The lowest BCUT2D eigenvalue weighted by Crippen LogP contribution is -2.56. The molecule has 16 heavy (non-hydrogen) atoms. The van der Waals surface area contributed by atoms with Gasteiger partial charge in [-0.2, -0.15) is 0 Å². The zero-order valence-corrected chi connectivity index (χ0v) is 10.6. The third-order valence-corrected chi connectivity index (χ3v) is 4.13. The zero-order chi connectivity index (χ0) is 11.5. The quantitative estimate of drug-likeness (QED) is 0.697. The second-order valence-electron chi connectivity index (χ2n) is 4.85. The lowest BCUT2D eigenvalue weighted by molar-refractivity contribution is -0.152. The average Bonchev–Trinajstić information content (AvgIpc) is 2.36. The molecule has 3 unspecified atom stereocenters. The molecule has 1 aliphatic carbocycles. The monoisotopic (exact) mass is 245 g/mol. The maximum Gasteiger partial charge on any atom is 0.227 e. The number of carbonyl (C=O) groups is 1. The Morgan fingerprint density at radius 3 is 3.00 bits per heavy atom. The predicted molar refractivity (Wildman–Crippen MR) is 63.6 cm³/mol. The molecule has 0 aromatic heterocycles. The highest BCUT2D eigenvalue weighted by Crippen LogP contribution is 2.29. The summed E-state index contributed by atoms with van der Waals surface area (Å²) >= 11 is 5.76. The maximum atomic E-state index is 12.2. The summed E-state index contributed by atoms with van der Waals surface area (Å²) in [6, 6.07) is 0.306. The van der Waals surface area contributed by atoms with Crippen LogP contribution in [0.4, 0.5) is 0 Å². The van der Waals surface area contributed by atoms with Gasteiger partial charge >= 0.3 is 0 Å². The van der Waals surface area contributed by atoms with Crippen molar-refractivity contribution in [1.29, 1.82) is 0 Å². The highest BCUT2D eigenvalue weighted by Gasteiger charge is 2.37. The topological polar surface area (TPSA) is 29.5 Å². The van der Waals surface area contributed by atoms with Gasteiger partial charge < -0.3 is 9.64 Å². The van der Waals surface area contributed by atoms with Crippen molar-refractivity contribution in [3.8, 4) is 0 Å². The van der Waals surface area contributed by atoms with Gasteiger partial charge in [0.2, 0.25) is 5.91 Å². The molecule has 2 aliphatic rings. The molecular formula is C12H20ClNO2. The van der Waals surface area contributed by atoms with Gasteiger partial charge in [0.1, 0.15) is 0 Å². The molecule has 0 aromatic rings. The molecule has 2 rings (SSSR count). The summed E-state index contributed by atoms with van der Waals surface area (Å²) in [5.74, 6) is 0.547.